The van der Waals surface area contributed by atoms with Crippen LogP contribution in [-0.2, 0) is 28.7 Å². The summed E-state index contributed by atoms with van der Waals surface area (Å²) in [6.45, 7) is 1.33. The van der Waals surface area contributed by atoms with Crippen molar-refractivity contribution in [2.45, 2.75) is 17.9 Å². The van der Waals surface area contributed by atoms with Gasteiger partial charge < -0.3 is 4.74 Å². The summed E-state index contributed by atoms with van der Waals surface area (Å²) in [6, 6.07) is 15.0. The highest BCUT2D eigenvalue weighted by Gasteiger charge is 2.22. The summed E-state index contributed by atoms with van der Waals surface area (Å²) in [5.41, 5.74) is 2.81. The molecule has 1 atom stereocenters. The molecule has 3 rings (SSSR count). The van der Waals surface area contributed by atoms with E-state index in [1.807, 2.05) is 46.8 Å². The van der Waals surface area contributed by atoms with Crippen LogP contribution in [0.1, 0.15) is 21.5 Å². The lowest BCUT2D eigenvalue weighted by Crippen LogP contribution is -2.32. The Balaban J connectivity index is 1.80. The monoisotopic (exact) mass is 315 g/mol. The highest BCUT2D eigenvalue weighted by Crippen LogP contribution is 2.24. The van der Waals surface area contributed by atoms with E-state index in [1.54, 1.807) is 6.07 Å². The maximum Gasteiger partial charge on any atom is 0.337 e. The molecule has 0 spiro atoms. The molecule has 1 aliphatic heterocycles. The molecule has 1 unspecified atom stereocenters. The maximum atomic E-state index is 12.6. The number of rotatable bonds is 3. The van der Waals surface area contributed by atoms with Crippen molar-refractivity contribution in [2.24, 2.45) is 0 Å². The first-order chi connectivity index (χ1) is 10.7. The molecule has 2 aromatic rings. The predicted molar refractivity (Wildman–Crippen MR) is 84.7 cm³/mol. The van der Waals surface area contributed by atoms with Crippen LogP contribution >= 0.6 is 0 Å². The van der Waals surface area contributed by atoms with E-state index in [2.05, 4.69) is 0 Å². The number of methoxy groups -OCH3 is 1. The normalized spacial score (nSPS) is 15.9. The number of hydrogen-bond acceptors (Lipinski definition) is 3. The quantitative estimate of drug-likeness (QED) is 0.818. The number of nitrogens with zero attached hydrogens (tertiary/aromatic N) is 1. The molecule has 0 saturated carbocycles. The molecule has 114 valence electrons. The van der Waals surface area contributed by atoms with Crippen molar-refractivity contribution < 1.29 is 13.7 Å². The lowest BCUT2D eigenvalue weighted by Gasteiger charge is -2.27. The zero-order valence-electron chi connectivity index (χ0n) is 12.3. The van der Waals surface area contributed by atoms with Gasteiger partial charge in [0.2, 0.25) is 0 Å². The van der Waals surface area contributed by atoms with Gasteiger partial charge in [-0.25, -0.2) is 13.3 Å². The zero-order valence-corrected chi connectivity index (χ0v) is 13.1. The molecule has 22 heavy (non-hydrogen) atoms. The second kappa shape index (κ2) is 6.42. The van der Waals surface area contributed by atoms with E-state index in [1.165, 1.54) is 7.11 Å². The van der Waals surface area contributed by atoms with Crippen molar-refractivity contribution in [3.05, 3.63) is 65.2 Å². The summed E-state index contributed by atoms with van der Waals surface area (Å²) in [4.78, 5) is 12.4. The van der Waals surface area contributed by atoms with Gasteiger partial charge in [0.15, 0.2) is 0 Å². The number of ether oxygens (including phenoxy) is 1. The largest absolute Gasteiger partial charge is 0.465 e. The average molecular weight is 315 g/mol. The third-order valence-corrected chi connectivity index (χ3v) is 5.24. The highest BCUT2D eigenvalue weighted by molar-refractivity contribution is 7.82. The summed E-state index contributed by atoms with van der Waals surface area (Å²) >= 11 is 0. The van der Waals surface area contributed by atoms with Gasteiger partial charge in [0.25, 0.3) is 0 Å². The Hall–Kier alpha value is -1.98. The minimum atomic E-state index is -1.15. The van der Waals surface area contributed by atoms with Gasteiger partial charge in [-0.1, -0.05) is 24.3 Å². The fourth-order valence-corrected chi connectivity index (χ4v) is 3.80. The third kappa shape index (κ3) is 2.96. The zero-order chi connectivity index (χ0) is 15.5. The lowest BCUT2D eigenvalue weighted by atomic mass is 9.98. The molecular formula is C17H17NO3S. The van der Waals surface area contributed by atoms with E-state index < -0.39 is 11.0 Å². The summed E-state index contributed by atoms with van der Waals surface area (Å²) in [5, 5.41) is 0. The second-order valence-corrected chi connectivity index (χ2v) is 6.64. The number of benzene rings is 2. The number of carbonyl (C=O) groups excluding carboxylic acids is 1. The Morgan fingerprint density at radius 1 is 1.14 bits per heavy atom. The van der Waals surface area contributed by atoms with Gasteiger partial charge in [-0.2, -0.15) is 0 Å². The molecule has 0 aliphatic carbocycles. The van der Waals surface area contributed by atoms with Crippen molar-refractivity contribution in [1.29, 1.82) is 0 Å². The molecule has 1 heterocycles. The van der Waals surface area contributed by atoms with E-state index in [9.17, 15) is 9.00 Å². The average Bonchev–Trinajstić information content (AvgIpc) is 2.60. The molecule has 0 radical (unpaired) electrons. The second-order valence-electron chi connectivity index (χ2n) is 5.15. The predicted octanol–water partition coefficient (Wildman–Crippen LogP) is 2.55. The van der Waals surface area contributed by atoms with Crippen LogP contribution in [0.3, 0.4) is 0 Å². The van der Waals surface area contributed by atoms with Crippen LogP contribution in [-0.4, -0.2) is 28.1 Å². The molecule has 4 nitrogen and oxygen atoms in total. The molecule has 5 heteroatoms. The van der Waals surface area contributed by atoms with Crippen molar-refractivity contribution in [3.63, 3.8) is 0 Å². The number of carbonyl (C=O) groups is 1. The first-order valence-corrected chi connectivity index (χ1v) is 8.21. The number of fused-ring (bicyclic) bond motifs is 1. The fraction of sp³-hybridized carbons (Fsp3) is 0.235. The Morgan fingerprint density at radius 2 is 1.91 bits per heavy atom. The first kappa shape index (κ1) is 14.9. The number of esters is 1. The van der Waals surface area contributed by atoms with Crippen LogP contribution in [0.4, 0.5) is 0 Å². The Bertz CT molecular complexity index is 715. The highest BCUT2D eigenvalue weighted by atomic mass is 32.2. The molecular weight excluding hydrogens is 298 g/mol. The van der Waals surface area contributed by atoms with Crippen LogP contribution < -0.4 is 0 Å². The standard InChI is InChI=1S/C17H17NO3S/c1-21-17(19)14-7-8-15-12-18(10-9-13(15)11-14)22(20)16-5-3-2-4-6-16/h2-8,11H,9-10,12H2,1H3. The van der Waals surface area contributed by atoms with Gasteiger partial charge in [-0.3, -0.25) is 0 Å². The molecule has 1 aliphatic rings. The molecule has 0 saturated heterocycles. The Kier molecular flexibility index (Phi) is 4.36. The molecule has 0 bridgehead atoms. The fourth-order valence-electron chi connectivity index (χ4n) is 2.60. The summed E-state index contributed by atoms with van der Waals surface area (Å²) < 4.78 is 19.3. The smallest absolute Gasteiger partial charge is 0.337 e. The molecule has 2 aromatic carbocycles. The van der Waals surface area contributed by atoms with Crippen LogP contribution in [0, 0.1) is 0 Å². The first-order valence-electron chi connectivity index (χ1n) is 7.11. The van der Waals surface area contributed by atoms with Crippen molar-refractivity contribution in [2.75, 3.05) is 13.7 Å². The van der Waals surface area contributed by atoms with Crippen LogP contribution in [0.25, 0.3) is 0 Å². The van der Waals surface area contributed by atoms with E-state index in [0.717, 1.165) is 22.4 Å². The van der Waals surface area contributed by atoms with Gasteiger partial charge in [0.1, 0.15) is 11.0 Å². The SMILES string of the molecule is COC(=O)c1ccc2c(c1)CCN(S(=O)c1ccccc1)C2. The maximum absolute atomic E-state index is 12.6. The van der Waals surface area contributed by atoms with E-state index >= 15 is 0 Å². The third-order valence-electron chi connectivity index (χ3n) is 3.78. The minimum Gasteiger partial charge on any atom is -0.465 e. The molecule has 0 aromatic heterocycles. The Morgan fingerprint density at radius 3 is 2.64 bits per heavy atom. The molecule has 0 fully saturated rings. The van der Waals surface area contributed by atoms with Crippen LogP contribution in [0.15, 0.2) is 53.4 Å². The van der Waals surface area contributed by atoms with Gasteiger partial charge in [0.05, 0.1) is 17.6 Å². The summed E-state index contributed by atoms with van der Waals surface area (Å²) in [6.07, 6.45) is 0.777. The van der Waals surface area contributed by atoms with Gasteiger partial charge in [0, 0.05) is 13.1 Å². The van der Waals surface area contributed by atoms with Gasteiger partial charge in [-0.15, -0.1) is 0 Å². The van der Waals surface area contributed by atoms with Crippen LogP contribution in [0.2, 0.25) is 0 Å². The van der Waals surface area contributed by atoms with Gasteiger partial charge >= 0.3 is 5.97 Å². The Labute approximate surface area is 132 Å². The van der Waals surface area contributed by atoms with Gasteiger partial charge in [-0.05, 0) is 41.8 Å². The topological polar surface area (TPSA) is 46.6 Å². The van der Waals surface area contributed by atoms with Crippen molar-refractivity contribution in [1.82, 2.24) is 4.31 Å². The number of hydrogen-bond donors (Lipinski definition) is 0. The molecule has 0 N–H and O–H groups in total. The minimum absolute atomic E-state index is 0.321. The van der Waals surface area contributed by atoms with E-state index in [0.29, 0.717) is 18.7 Å². The summed E-state index contributed by atoms with van der Waals surface area (Å²) in [7, 11) is 0.230. The summed E-state index contributed by atoms with van der Waals surface area (Å²) in [5.74, 6) is -0.321. The molecule has 0 amide bonds. The van der Waals surface area contributed by atoms with Crippen molar-refractivity contribution >= 4 is 17.0 Å². The van der Waals surface area contributed by atoms with E-state index in [4.69, 9.17) is 4.74 Å². The van der Waals surface area contributed by atoms with E-state index in [-0.39, 0.29) is 5.97 Å². The van der Waals surface area contributed by atoms with Crippen molar-refractivity contribution in [3.8, 4) is 0 Å². The van der Waals surface area contributed by atoms with Crippen LogP contribution in [0.5, 0.6) is 0 Å². The lowest BCUT2D eigenvalue weighted by molar-refractivity contribution is 0.0600.